The number of rotatable bonds is 3. The van der Waals surface area contributed by atoms with Crippen LogP contribution in [-0.4, -0.2) is 63.1 Å². The summed E-state index contributed by atoms with van der Waals surface area (Å²) >= 11 is 0. The lowest BCUT2D eigenvalue weighted by Gasteiger charge is -2.38. The maximum atomic E-state index is 12.8. The smallest absolute Gasteiger partial charge is 0.338 e. The first-order valence-corrected chi connectivity index (χ1v) is 6.20. The Labute approximate surface area is 123 Å². The number of halogens is 1. The molecule has 1 aliphatic heterocycles. The molecule has 1 saturated heterocycles. The number of aliphatic hydroxyl groups is 3. The minimum atomic E-state index is -1.95. The van der Waals surface area contributed by atoms with Crippen LogP contribution in [0.15, 0.2) is 24.3 Å². The van der Waals surface area contributed by atoms with E-state index < -0.39 is 48.5 Å². The van der Waals surface area contributed by atoms with E-state index in [0.29, 0.717) is 0 Å². The number of carboxylic acids is 1. The Balaban J connectivity index is 2.16. The van der Waals surface area contributed by atoms with Crippen LogP contribution in [0.25, 0.3) is 0 Å². The average molecular weight is 316 g/mol. The van der Waals surface area contributed by atoms with Gasteiger partial charge in [0.2, 0.25) is 0 Å². The molecule has 1 fully saturated rings. The highest BCUT2D eigenvalue weighted by Gasteiger charge is 2.49. The molecule has 0 spiro atoms. The summed E-state index contributed by atoms with van der Waals surface area (Å²) in [4.78, 5) is 22.8. The largest absolute Gasteiger partial charge is 0.479 e. The molecule has 0 aliphatic carbocycles. The van der Waals surface area contributed by atoms with E-state index >= 15 is 0 Å². The quantitative estimate of drug-likeness (QED) is 0.515. The number of ether oxygens (including phenoxy) is 2. The Bertz CT molecular complexity index is 560. The van der Waals surface area contributed by atoms with Crippen LogP contribution in [0.1, 0.15) is 10.4 Å². The van der Waals surface area contributed by atoms with Crippen molar-refractivity contribution in [3.8, 4) is 0 Å². The van der Waals surface area contributed by atoms with Gasteiger partial charge in [0.25, 0.3) is 0 Å². The lowest BCUT2D eigenvalue weighted by molar-refractivity contribution is -0.279. The first kappa shape index (κ1) is 16.3. The highest BCUT2D eigenvalue weighted by atomic mass is 19.1. The Morgan fingerprint density at radius 1 is 1.09 bits per heavy atom. The second-order valence-corrected chi connectivity index (χ2v) is 4.64. The third-order valence-electron chi connectivity index (χ3n) is 3.13. The molecule has 1 aromatic carbocycles. The highest BCUT2D eigenvalue weighted by Crippen LogP contribution is 2.23. The van der Waals surface area contributed by atoms with Crippen LogP contribution in [0.4, 0.5) is 4.39 Å². The molecule has 0 aromatic heterocycles. The summed E-state index contributed by atoms with van der Waals surface area (Å²) in [5.74, 6) is -3.20. The fourth-order valence-corrected chi connectivity index (χ4v) is 1.97. The highest BCUT2D eigenvalue weighted by molar-refractivity contribution is 5.89. The summed E-state index contributed by atoms with van der Waals surface area (Å²) in [5, 5.41) is 37.8. The van der Waals surface area contributed by atoms with E-state index in [1.165, 1.54) is 0 Å². The van der Waals surface area contributed by atoms with E-state index in [0.717, 1.165) is 24.3 Å². The van der Waals surface area contributed by atoms with Crippen molar-refractivity contribution in [2.75, 3.05) is 0 Å². The van der Waals surface area contributed by atoms with Crippen molar-refractivity contribution in [2.24, 2.45) is 0 Å². The Kier molecular flexibility index (Phi) is 4.71. The normalized spacial score (nSPS) is 31.5. The topological polar surface area (TPSA) is 134 Å². The van der Waals surface area contributed by atoms with E-state index in [1.807, 2.05) is 0 Å². The summed E-state index contributed by atoms with van der Waals surface area (Å²) in [6.45, 7) is 0. The second kappa shape index (κ2) is 6.36. The fraction of sp³-hybridized carbons (Fsp3) is 0.385. The van der Waals surface area contributed by atoms with Gasteiger partial charge in [0.15, 0.2) is 18.5 Å². The van der Waals surface area contributed by atoms with Crippen LogP contribution in [0.3, 0.4) is 0 Å². The molecular weight excluding hydrogens is 303 g/mol. The Morgan fingerprint density at radius 3 is 2.23 bits per heavy atom. The van der Waals surface area contributed by atoms with Crippen molar-refractivity contribution in [3.63, 3.8) is 0 Å². The van der Waals surface area contributed by atoms with Gasteiger partial charge in [-0.25, -0.2) is 14.0 Å². The monoisotopic (exact) mass is 316 g/mol. The number of carboxylic acid groups (broad SMARTS) is 1. The van der Waals surface area contributed by atoms with Crippen molar-refractivity contribution in [1.82, 2.24) is 0 Å². The SMILES string of the molecule is O=C(O[C@@H]1[C@@H](O)[C@@H](O)O[C@H](C(=O)O)[C@H]1O)c1ccc(F)cc1. The third kappa shape index (κ3) is 3.22. The van der Waals surface area contributed by atoms with E-state index in [1.54, 1.807) is 0 Å². The van der Waals surface area contributed by atoms with Crippen LogP contribution in [0.5, 0.6) is 0 Å². The number of hydrogen-bond acceptors (Lipinski definition) is 7. The van der Waals surface area contributed by atoms with Crippen LogP contribution >= 0.6 is 0 Å². The number of aliphatic carboxylic acids is 1. The summed E-state index contributed by atoms with van der Waals surface area (Å²) < 4.78 is 22.1. The first-order chi connectivity index (χ1) is 10.3. The van der Waals surface area contributed by atoms with Crippen molar-refractivity contribution in [2.45, 2.75) is 30.7 Å². The standard InChI is InChI=1S/C13H13FO8/c14-6-3-1-5(2-4-6)12(19)21-9-7(15)10(11(17)18)22-13(20)8(9)16/h1-4,7-10,13,15-16,20H,(H,17,18)/t7-,8+,9-,10-,13-/m0/s1. The molecule has 1 aromatic rings. The molecule has 22 heavy (non-hydrogen) atoms. The lowest BCUT2D eigenvalue weighted by Crippen LogP contribution is -2.61. The van der Waals surface area contributed by atoms with Crippen molar-refractivity contribution >= 4 is 11.9 Å². The molecule has 1 heterocycles. The molecule has 2 rings (SSSR count). The maximum Gasteiger partial charge on any atom is 0.338 e. The summed E-state index contributed by atoms with van der Waals surface area (Å²) in [6.07, 6.45) is -9.27. The molecule has 0 amide bonds. The van der Waals surface area contributed by atoms with Gasteiger partial charge in [-0.1, -0.05) is 0 Å². The molecule has 5 atom stereocenters. The predicted molar refractivity (Wildman–Crippen MR) is 66.1 cm³/mol. The fourth-order valence-electron chi connectivity index (χ4n) is 1.97. The summed E-state index contributed by atoms with van der Waals surface area (Å²) in [7, 11) is 0. The number of hydrogen-bond donors (Lipinski definition) is 4. The zero-order valence-electron chi connectivity index (χ0n) is 11.0. The van der Waals surface area contributed by atoms with Gasteiger partial charge in [0.05, 0.1) is 5.56 Å². The van der Waals surface area contributed by atoms with Crippen LogP contribution < -0.4 is 0 Å². The van der Waals surface area contributed by atoms with Gasteiger partial charge in [-0.15, -0.1) is 0 Å². The molecule has 4 N–H and O–H groups in total. The lowest BCUT2D eigenvalue weighted by atomic mass is 9.98. The van der Waals surface area contributed by atoms with E-state index in [-0.39, 0.29) is 5.56 Å². The minimum absolute atomic E-state index is 0.0753. The third-order valence-corrected chi connectivity index (χ3v) is 3.13. The van der Waals surface area contributed by atoms with Crippen LogP contribution in [0, 0.1) is 5.82 Å². The average Bonchev–Trinajstić information content (AvgIpc) is 2.47. The number of esters is 1. The first-order valence-electron chi connectivity index (χ1n) is 6.20. The van der Waals surface area contributed by atoms with Crippen LogP contribution in [-0.2, 0) is 14.3 Å². The summed E-state index contributed by atoms with van der Waals surface area (Å²) in [5.41, 5.74) is -0.0753. The maximum absolute atomic E-state index is 12.8. The van der Waals surface area contributed by atoms with Crippen molar-refractivity contribution in [1.29, 1.82) is 0 Å². The van der Waals surface area contributed by atoms with Gasteiger partial charge in [-0.05, 0) is 24.3 Å². The number of carbonyl (C=O) groups is 2. The van der Waals surface area contributed by atoms with Gasteiger partial charge in [-0.2, -0.15) is 0 Å². The van der Waals surface area contributed by atoms with Gasteiger partial charge >= 0.3 is 11.9 Å². The van der Waals surface area contributed by atoms with Gasteiger partial charge < -0.3 is 29.9 Å². The number of aliphatic hydroxyl groups excluding tert-OH is 3. The van der Waals surface area contributed by atoms with Gasteiger partial charge in [0.1, 0.15) is 18.0 Å². The van der Waals surface area contributed by atoms with E-state index in [2.05, 4.69) is 4.74 Å². The summed E-state index contributed by atoms with van der Waals surface area (Å²) in [6, 6.07) is 4.23. The Hall–Kier alpha value is -2.07. The van der Waals surface area contributed by atoms with Gasteiger partial charge in [-0.3, -0.25) is 0 Å². The minimum Gasteiger partial charge on any atom is -0.479 e. The molecule has 1 aliphatic rings. The molecule has 120 valence electrons. The molecular formula is C13H13FO8. The number of benzene rings is 1. The molecule has 8 nitrogen and oxygen atoms in total. The number of carbonyl (C=O) groups excluding carboxylic acids is 1. The van der Waals surface area contributed by atoms with Crippen molar-refractivity contribution in [3.05, 3.63) is 35.6 Å². The zero-order valence-corrected chi connectivity index (χ0v) is 11.0. The zero-order chi connectivity index (χ0) is 16.4. The molecule has 0 radical (unpaired) electrons. The second-order valence-electron chi connectivity index (χ2n) is 4.64. The van der Waals surface area contributed by atoms with Gasteiger partial charge in [0, 0.05) is 0 Å². The molecule has 0 bridgehead atoms. The van der Waals surface area contributed by atoms with E-state index in [4.69, 9.17) is 9.84 Å². The predicted octanol–water partition coefficient (Wildman–Crippen LogP) is -1.13. The van der Waals surface area contributed by atoms with Crippen molar-refractivity contribution < 1.29 is 43.9 Å². The molecule has 0 saturated carbocycles. The molecule has 9 heteroatoms. The van der Waals surface area contributed by atoms with E-state index in [9.17, 15) is 29.3 Å². The van der Waals surface area contributed by atoms with Crippen LogP contribution in [0.2, 0.25) is 0 Å². The molecule has 0 unspecified atom stereocenters. The Morgan fingerprint density at radius 2 is 1.68 bits per heavy atom.